The highest BCUT2D eigenvalue weighted by Gasteiger charge is 2.15. The summed E-state index contributed by atoms with van der Waals surface area (Å²) < 4.78 is 2.86. The molecule has 0 aliphatic rings. The molecule has 4 aromatic heterocycles. The van der Waals surface area contributed by atoms with Crippen LogP contribution in [0.5, 0.6) is 0 Å². The first-order valence-corrected chi connectivity index (χ1v) is 9.53. The van der Waals surface area contributed by atoms with Gasteiger partial charge in [-0.1, -0.05) is 17.4 Å². The molecule has 0 unspecified atom stereocenters. The molecule has 4 rings (SSSR count). The molecular weight excluding hydrogens is 368 g/mol. The second-order valence-corrected chi connectivity index (χ2v) is 7.85. The molecule has 7 nitrogen and oxygen atoms in total. The average molecular weight is 384 g/mol. The van der Waals surface area contributed by atoms with Gasteiger partial charge in [0.2, 0.25) is 0 Å². The number of rotatable bonds is 5. The van der Waals surface area contributed by atoms with Gasteiger partial charge >= 0.3 is 0 Å². The highest BCUT2D eigenvalue weighted by molar-refractivity contribution is 7.29. The zero-order chi connectivity index (χ0) is 18.1. The number of carbonyl (C=O) groups excluding carboxylic acids is 1. The van der Waals surface area contributed by atoms with Gasteiger partial charge in [0.15, 0.2) is 5.13 Å². The number of amides is 1. The molecule has 0 bridgehead atoms. The van der Waals surface area contributed by atoms with Gasteiger partial charge in [0.05, 0.1) is 9.58 Å². The standard InChI is InChI=1S/C17H16N6OS2/c1-22(2)17-21-16-13(26-17)8-12(25-16)15(24)20-9-11-4-3-5-19-14(11)23-7-6-18-10-23/h3-8,10H,9H2,1-2H3,(H,20,24). The van der Waals surface area contributed by atoms with Crippen LogP contribution in [-0.4, -0.2) is 39.5 Å². The van der Waals surface area contributed by atoms with Crippen LogP contribution in [0.1, 0.15) is 15.2 Å². The Labute approximate surface area is 158 Å². The molecule has 0 spiro atoms. The minimum Gasteiger partial charge on any atom is -0.354 e. The number of hydrogen-bond acceptors (Lipinski definition) is 7. The lowest BCUT2D eigenvalue weighted by Gasteiger charge is -2.09. The largest absolute Gasteiger partial charge is 0.354 e. The van der Waals surface area contributed by atoms with Gasteiger partial charge in [-0.05, 0) is 12.1 Å². The van der Waals surface area contributed by atoms with E-state index in [1.54, 1.807) is 30.1 Å². The number of nitrogens with zero attached hydrogens (tertiary/aromatic N) is 5. The molecule has 4 aromatic rings. The Morgan fingerprint density at radius 2 is 2.19 bits per heavy atom. The highest BCUT2D eigenvalue weighted by Crippen LogP contribution is 2.33. The predicted molar refractivity (Wildman–Crippen MR) is 104 cm³/mol. The van der Waals surface area contributed by atoms with E-state index in [2.05, 4.69) is 20.3 Å². The van der Waals surface area contributed by atoms with Gasteiger partial charge in [-0.3, -0.25) is 9.36 Å². The van der Waals surface area contributed by atoms with Crippen molar-refractivity contribution in [2.24, 2.45) is 0 Å². The van der Waals surface area contributed by atoms with Crippen LogP contribution in [0.15, 0.2) is 43.1 Å². The van der Waals surface area contributed by atoms with Crippen LogP contribution in [0.4, 0.5) is 5.13 Å². The van der Waals surface area contributed by atoms with E-state index in [-0.39, 0.29) is 5.91 Å². The Morgan fingerprint density at radius 1 is 1.31 bits per heavy atom. The monoisotopic (exact) mass is 384 g/mol. The number of carbonyl (C=O) groups is 1. The van der Waals surface area contributed by atoms with Crippen LogP contribution in [0.2, 0.25) is 0 Å². The zero-order valence-corrected chi connectivity index (χ0v) is 15.8. The van der Waals surface area contributed by atoms with Gasteiger partial charge < -0.3 is 10.2 Å². The molecule has 0 aromatic carbocycles. The predicted octanol–water partition coefficient (Wildman–Crippen LogP) is 2.93. The molecule has 0 saturated heterocycles. The fraction of sp³-hybridized carbons (Fsp3) is 0.176. The number of thiophene rings is 1. The molecule has 26 heavy (non-hydrogen) atoms. The molecule has 0 atom stereocenters. The Morgan fingerprint density at radius 3 is 2.92 bits per heavy atom. The topological polar surface area (TPSA) is 75.9 Å². The summed E-state index contributed by atoms with van der Waals surface area (Å²) in [6.07, 6.45) is 6.94. The van der Waals surface area contributed by atoms with Crippen LogP contribution in [0.25, 0.3) is 15.3 Å². The second kappa shape index (κ2) is 6.85. The van der Waals surface area contributed by atoms with Crippen LogP contribution in [-0.2, 0) is 6.54 Å². The smallest absolute Gasteiger partial charge is 0.261 e. The van der Waals surface area contributed by atoms with Gasteiger partial charge in [-0.25, -0.2) is 15.0 Å². The molecule has 132 valence electrons. The lowest BCUT2D eigenvalue weighted by Crippen LogP contribution is -2.22. The van der Waals surface area contributed by atoms with Crippen molar-refractivity contribution in [1.29, 1.82) is 0 Å². The first-order chi connectivity index (χ1) is 12.6. The van der Waals surface area contributed by atoms with Crippen LogP contribution in [0.3, 0.4) is 0 Å². The van der Waals surface area contributed by atoms with Crippen LogP contribution >= 0.6 is 22.7 Å². The van der Waals surface area contributed by atoms with E-state index in [1.807, 2.05) is 48.0 Å². The molecule has 4 heterocycles. The number of pyridine rings is 1. The first-order valence-electron chi connectivity index (χ1n) is 7.90. The summed E-state index contributed by atoms with van der Waals surface area (Å²) in [5, 5.41) is 3.91. The van der Waals surface area contributed by atoms with Crippen LogP contribution < -0.4 is 10.2 Å². The van der Waals surface area contributed by atoms with Crippen molar-refractivity contribution < 1.29 is 4.79 Å². The SMILES string of the molecule is CN(C)c1nc2sc(C(=O)NCc3cccnc3-n3ccnc3)cc2s1. The zero-order valence-electron chi connectivity index (χ0n) is 14.2. The molecule has 0 radical (unpaired) electrons. The van der Waals surface area contributed by atoms with E-state index >= 15 is 0 Å². The van der Waals surface area contributed by atoms with Crippen molar-refractivity contribution in [2.45, 2.75) is 6.54 Å². The highest BCUT2D eigenvalue weighted by atomic mass is 32.1. The molecule has 0 saturated carbocycles. The Kier molecular flexibility index (Phi) is 4.39. The molecular formula is C17H16N6OS2. The number of anilines is 1. The molecule has 1 amide bonds. The van der Waals surface area contributed by atoms with Crippen molar-refractivity contribution in [3.05, 3.63) is 53.6 Å². The number of nitrogens with one attached hydrogen (secondary N) is 1. The summed E-state index contributed by atoms with van der Waals surface area (Å²) in [5.74, 6) is 0.654. The number of aromatic nitrogens is 4. The maximum atomic E-state index is 12.5. The quantitative estimate of drug-likeness (QED) is 0.573. The lowest BCUT2D eigenvalue weighted by molar-refractivity contribution is 0.0955. The van der Waals surface area contributed by atoms with E-state index < -0.39 is 0 Å². The molecule has 0 aliphatic heterocycles. The Bertz CT molecular complexity index is 1020. The minimum absolute atomic E-state index is 0.105. The normalized spacial score (nSPS) is 11.0. The fourth-order valence-electron chi connectivity index (χ4n) is 2.47. The van der Waals surface area contributed by atoms with Gasteiger partial charge in [0.1, 0.15) is 17.0 Å². The number of imidazole rings is 1. The summed E-state index contributed by atoms with van der Waals surface area (Å²) in [5.41, 5.74) is 0.922. The van der Waals surface area contributed by atoms with Crippen molar-refractivity contribution >= 4 is 43.2 Å². The number of hydrogen-bond donors (Lipinski definition) is 1. The van der Waals surface area contributed by atoms with Crippen molar-refractivity contribution in [3.63, 3.8) is 0 Å². The van der Waals surface area contributed by atoms with Gasteiger partial charge in [0, 0.05) is 44.8 Å². The summed E-state index contributed by atoms with van der Waals surface area (Å²) in [6, 6.07) is 5.70. The molecule has 9 heteroatoms. The molecule has 0 aliphatic carbocycles. The maximum absolute atomic E-state index is 12.5. The van der Waals surface area contributed by atoms with Gasteiger partial charge in [-0.2, -0.15) is 0 Å². The van der Waals surface area contributed by atoms with Gasteiger partial charge in [-0.15, -0.1) is 11.3 Å². The summed E-state index contributed by atoms with van der Waals surface area (Å²) in [6.45, 7) is 0.391. The number of fused-ring (bicyclic) bond motifs is 1. The summed E-state index contributed by atoms with van der Waals surface area (Å²) in [7, 11) is 3.92. The van der Waals surface area contributed by atoms with E-state index in [1.165, 1.54) is 11.3 Å². The number of thiazole rings is 1. The Balaban J connectivity index is 1.50. The fourth-order valence-corrected chi connectivity index (χ4v) is 4.52. The third kappa shape index (κ3) is 3.18. The van der Waals surface area contributed by atoms with E-state index in [9.17, 15) is 4.79 Å². The third-order valence-corrected chi connectivity index (χ3v) is 6.07. The maximum Gasteiger partial charge on any atom is 0.261 e. The average Bonchev–Trinajstić information content (AvgIpc) is 3.35. The summed E-state index contributed by atoms with van der Waals surface area (Å²) >= 11 is 2.99. The molecule has 1 N–H and O–H groups in total. The van der Waals surface area contributed by atoms with Crippen molar-refractivity contribution in [3.8, 4) is 5.82 Å². The van der Waals surface area contributed by atoms with E-state index in [0.717, 1.165) is 26.0 Å². The van der Waals surface area contributed by atoms with Crippen molar-refractivity contribution in [2.75, 3.05) is 19.0 Å². The summed E-state index contributed by atoms with van der Waals surface area (Å²) in [4.78, 5) is 29.0. The van der Waals surface area contributed by atoms with Crippen LogP contribution in [0, 0.1) is 0 Å². The van der Waals surface area contributed by atoms with Gasteiger partial charge in [0.25, 0.3) is 5.91 Å². The molecule has 0 fully saturated rings. The minimum atomic E-state index is -0.105. The Hall–Kier alpha value is -2.78. The third-order valence-electron chi connectivity index (χ3n) is 3.74. The first kappa shape index (κ1) is 16.7. The lowest BCUT2D eigenvalue weighted by atomic mass is 10.2. The van der Waals surface area contributed by atoms with E-state index in [0.29, 0.717) is 11.4 Å². The second-order valence-electron chi connectivity index (χ2n) is 5.81. The van der Waals surface area contributed by atoms with Crippen molar-refractivity contribution in [1.82, 2.24) is 24.8 Å². The van der Waals surface area contributed by atoms with E-state index in [4.69, 9.17) is 0 Å².